The molecule has 0 heterocycles. The molecule has 2 aliphatic carbocycles. The van der Waals surface area contributed by atoms with Gasteiger partial charge in [0.1, 0.15) is 5.76 Å². The van der Waals surface area contributed by atoms with Crippen LogP contribution < -0.4 is 0 Å². The molecule has 0 amide bonds. The molecule has 0 saturated carbocycles. The lowest BCUT2D eigenvalue weighted by Crippen LogP contribution is -2.15. The fraction of sp³-hybridized carbons (Fsp3) is 0.615. The van der Waals surface area contributed by atoms with Crippen molar-refractivity contribution in [3.8, 4) is 0 Å². The Morgan fingerprint density at radius 3 is 2.60 bits per heavy atom. The molecule has 15 heavy (non-hydrogen) atoms. The lowest BCUT2D eigenvalue weighted by molar-refractivity contribution is -0.142. The molecule has 2 heteroatoms. The van der Waals surface area contributed by atoms with E-state index in [0.717, 1.165) is 37.9 Å². The molecule has 0 saturated heterocycles. The Balaban J connectivity index is 1.89. The molecule has 82 valence electrons. The van der Waals surface area contributed by atoms with Gasteiger partial charge in [0.05, 0.1) is 5.92 Å². The third kappa shape index (κ3) is 2.49. The highest BCUT2D eigenvalue weighted by molar-refractivity contribution is 5.76. The van der Waals surface area contributed by atoms with Crippen molar-refractivity contribution in [1.29, 1.82) is 0 Å². The quantitative estimate of drug-likeness (QED) is 0.523. The van der Waals surface area contributed by atoms with Crippen LogP contribution in [0.1, 0.15) is 45.4 Å². The third-order valence-corrected chi connectivity index (χ3v) is 3.22. The number of carbonyl (C=O) groups excluding carboxylic acids is 1. The van der Waals surface area contributed by atoms with E-state index in [0.29, 0.717) is 0 Å². The van der Waals surface area contributed by atoms with E-state index < -0.39 is 0 Å². The summed E-state index contributed by atoms with van der Waals surface area (Å²) in [7, 11) is 0. The fourth-order valence-electron chi connectivity index (χ4n) is 2.19. The number of ether oxygens (including phenoxy) is 1. The summed E-state index contributed by atoms with van der Waals surface area (Å²) < 4.78 is 5.37. The summed E-state index contributed by atoms with van der Waals surface area (Å²) in [6.45, 7) is 1.95. The molecule has 0 bridgehead atoms. The Bertz CT molecular complexity index is 312. The van der Waals surface area contributed by atoms with Crippen molar-refractivity contribution in [2.45, 2.75) is 45.4 Å². The van der Waals surface area contributed by atoms with Crippen LogP contribution in [0.15, 0.2) is 23.5 Å². The van der Waals surface area contributed by atoms with Gasteiger partial charge in [-0.2, -0.15) is 0 Å². The molecule has 0 radical (unpaired) electrons. The van der Waals surface area contributed by atoms with Gasteiger partial charge in [-0.1, -0.05) is 11.6 Å². The number of esters is 1. The number of allylic oxidation sites excluding steroid dienone is 3. The number of hydrogen-bond donors (Lipinski definition) is 0. The van der Waals surface area contributed by atoms with Gasteiger partial charge in [0.2, 0.25) is 0 Å². The first kappa shape index (κ1) is 10.5. The minimum atomic E-state index is -0.0729. The van der Waals surface area contributed by atoms with Crippen LogP contribution >= 0.6 is 0 Å². The van der Waals surface area contributed by atoms with E-state index in [1.165, 1.54) is 12.0 Å². The molecule has 2 nitrogen and oxygen atoms in total. The lowest BCUT2D eigenvalue weighted by Gasteiger charge is -2.12. The van der Waals surface area contributed by atoms with Gasteiger partial charge in [-0.3, -0.25) is 4.79 Å². The number of rotatable bonds is 3. The van der Waals surface area contributed by atoms with Crippen molar-refractivity contribution in [2.24, 2.45) is 5.92 Å². The summed E-state index contributed by atoms with van der Waals surface area (Å²) in [6.07, 6.45) is 10.7. The maximum absolute atomic E-state index is 11.8. The number of carbonyl (C=O) groups is 1. The Labute approximate surface area is 91.0 Å². The van der Waals surface area contributed by atoms with Crippen molar-refractivity contribution in [2.75, 3.05) is 0 Å². The second kappa shape index (κ2) is 4.65. The van der Waals surface area contributed by atoms with E-state index in [-0.39, 0.29) is 11.9 Å². The SMILES string of the molecule is CC(C(=O)OC1=CCCC1)C1=CCCC1. The van der Waals surface area contributed by atoms with Gasteiger partial charge in [0.15, 0.2) is 0 Å². The number of hydrogen-bond acceptors (Lipinski definition) is 2. The van der Waals surface area contributed by atoms with Crippen molar-refractivity contribution in [3.63, 3.8) is 0 Å². The van der Waals surface area contributed by atoms with Crippen LogP contribution in [0.4, 0.5) is 0 Å². The van der Waals surface area contributed by atoms with Crippen LogP contribution in [0.3, 0.4) is 0 Å². The van der Waals surface area contributed by atoms with Gasteiger partial charge in [-0.15, -0.1) is 0 Å². The highest BCUT2D eigenvalue weighted by Crippen LogP contribution is 2.27. The molecule has 0 aromatic rings. The normalized spacial score (nSPS) is 22.2. The van der Waals surface area contributed by atoms with Gasteiger partial charge in [0.25, 0.3) is 0 Å². The molecule has 1 unspecified atom stereocenters. The Morgan fingerprint density at radius 1 is 1.27 bits per heavy atom. The summed E-state index contributed by atoms with van der Waals surface area (Å²) in [5.41, 5.74) is 1.26. The molecule has 0 aromatic heterocycles. The summed E-state index contributed by atoms with van der Waals surface area (Å²) in [6, 6.07) is 0. The van der Waals surface area contributed by atoms with Crippen LogP contribution in [0.25, 0.3) is 0 Å². The van der Waals surface area contributed by atoms with Crippen molar-refractivity contribution in [3.05, 3.63) is 23.5 Å². The lowest BCUT2D eigenvalue weighted by atomic mass is 10.0. The Hall–Kier alpha value is -1.05. The Kier molecular flexibility index (Phi) is 3.24. The molecule has 0 spiro atoms. The molecule has 0 aromatic carbocycles. The maximum Gasteiger partial charge on any atom is 0.317 e. The predicted molar refractivity (Wildman–Crippen MR) is 59.1 cm³/mol. The zero-order valence-corrected chi connectivity index (χ0v) is 9.29. The van der Waals surface area contributed by atoms with Crippen LogP contribution in [-0.4, -0.2) is 5.97 Å². The highest BCUT2D eigenvalue weighted by Gasteiger charge is 2.22. The molecule has 2 aliphatic rings. The fourth-order valence-corrected chi connectivity index (χ4v) is 2.19. The topological polar surface area (TPSA) is 26.3 Å². The van der Waals surface area contributed by atoms with Gasteiger partial charge in [0, 0.05) is 6.42 Å². The molecule has 2 rings (SSSR count). The van der Waals surface area contributed by atoms with E-state index in [2.05, 4.69) is 6.08 Å². The van der Waals surface area contributed by atoms with E-state index in [1.54, 1.807) is 0 Å². The summed E-state index contributed by atoms with van der Waals surface area (Å²) in [4.78, 5) is 11.8. The Morgan fingerprint density at radius 2 is 2.00 bits per heavy atom. The van der Waals surface area contributed by atoms with Crippen molar-refractivity contribution >= 4 is 5.97 Å². The van der Waals surface area contributed by atoms with E-state index in [9.17, 15) is 4.79 Å². The predicted octanol–water partition coefficient (Wildman–Crippen LogP) is 3.34. The third-order valence-electron chi connectivity index (χ3n) is 3.22. The minimum Gasteiger partial charge on any atom is -0.431 e. The van der Waals surface area contributed by atoms with Gasteiger partial charge < -0.3 is 4.74 Å². The molecule has 0 aliphatic heterocycles. The summed E-state index contributed by atoms with van der Waals surface area (Å²) in [5, 5.41) is 0. The van der Waals surface area contributed by atoms with Gasteiger partial charge in [-0.25, -0.2) is 0 Å². The first-order valence-electron chi connectivity index (χ1n) is 5.87. The average molecular weight is 206 g/mol. The molecular formula is C13H18O2. The molecule has 0 fully saturated rings. The maximum atomic E-state index is 11.8. The average Bonchev–Trinajstić information content (AvgIpc) is 2.88. The minimum absolute atomic E-state index is 0.0472. The van der Waals surface area contributed by atoms with Gasteiger partial charge >= 0.3 is 5.97 Å². The second-order valence-electron chi connectivity index (χ2n) is 4.38. The van der Waals surface area contributed by atoms with Crippen LogP contribution in [0, 0.1) is 5.92 Å². The molecule has 0 N–H and O–H groups in total. The van der Waals surface area contributed by atoms with Crippen molar-refractivity contribution in [1.82, 2.24) is 0 Å². The smallest absolute Gasteiger partial charge is 0.317 e. The molecular weight excluding hydrogens is 188 g/mol. The first-order valence-corrected chi connectivity index (χ1v) is 5.87. The summed E-state index contributed by atoms with van der Waals surface area (Å²) in [5.74, 6) is 0.760. The van der Waals surface area contributed by atoms with Crippen LogP contribution in [-0.2, 0) is 9.53 Å². The van der Waals surface area contributed by atoms with Crippen molar-refractivity contribution < 1.29 is 9.53 Å². The van der Waals surface area contributed by atoms with E-state index in [4.69, 9.17) is 4.74 Å². The largest absolute Gasteiger partial charge is 0.431 e. The molecule has 1 atom stereocenters. The second-order valence-corrected chi connectivity index (χ2v) is 4.38. The first-order chi connectivity index (χ1) is 7.27. The van der Waals surface area contributed by atoms with Crippen LogP contribution in [0.2, 0.25) is 0 Å². The van der Waals surface area contributed by atoms with E-state index >= 15 is 0 Å². The monoisotopic (exact) mass is 206 g/mol. The van der Waals surface area contributed by atoms with Crippen LogP contribution in [0.5, 0.6) is 0 Å². The standard InChI is InChI=1S/C13H18O2/c1-10(11-6-2-3-7-11)13(14)15-12-8-4-5-9-12/h6,8,10H,2-5,7,9H2,1H3. The summed E-state index contributed by atoms with van der Waals surface area (Å²) >= 11 is 0. The van der Waals surface area contributed by atoms with Gasteiger partial charge in [-0.05, 0) is 45.1 Å². The zero-order valence-electron chi connectivity index (χ0n) is 9.29. The zero-order chi connectivity index (χ0) is 10.7. The van der Waals surface area contributed by atoms with E-state index in [1.807, 2.05) is 13.0 Å². The highest BCUT2D eigenvalue weighted by atomic mass is 16.5.